The highest BCUT2D eigenvalue weighted by Gasteiger charge is 2.41. The Balaban J connectivity index is 1.71. The third-order valence-electron chi connectivity index (χ3n) is 4.50. The summed E-state index contributed by atoms with van der Waals surface area (Å²) in [5, 5.41) is 0. The van der Waals surface area contributed by atoms with Gasteiger partial charge in [-0.1, -0.05) is 29.8 Å². The van der Waals surface area contributed by atoms with Crippen LogP contribution >= 0.6 is 0 Å². The van der Waals surface area contributed by atoms with Gasteiger partial charge in [-0.3, -0.25) is 4.79 Å². The second-order valence-corrected chi connectivity index (χ2v) is 6.08. The van der Waals surface area contributed by atoms with E-state index in [2.05, 4.69) is 24.0 Å². The Bertz CT molecular complexity index is 471. The number of carbonyl (C=O) groups excluding carboxylic acids is 1. The summed E-state index contributed by atoms with van der Waals surface area (Å²) in [5.41, 5.74) is 8.39. The van der Waals surface area contributed by atoms with E-state index in [9.17, 15) is 4.79 Å². The Morgan fingerprint density at radius 2 is 2.00 bits per heavy atom. The molecule has 3 nitrogen and oxygen atoms in total. The van der Waals surface area contributed by atoms with Gasteiger partial charge in [-0.05, 0) is 38.2 Å². The molecule has 2 aliphatic heterocycles. The van der Waals surface area contributed by atoms with Gasteiger partial charge in [-0.15, -0.1) is 0 Å². The average Bonchev–Trinajstić information content (AvgIpc) is 2.62. The molecule has 0 saturated carbocycles. The molecule has 2 bridgehead atoms. The summed E-state index contributed by atoms with van der Waals surface area (Å²) >= 11 is 0. The van der Waals surface area contributed by atoms with Gasteiger partial charge in [0.1, 0.15) is 0 Å². The highest BCUT2D eigenvalue weighted by Crippen LogP contribution is 2.35. The third kappa shape index (κ3) is 2.52. The number of nitrogens with zero attached hydrogens (tertiary/aromatic N) is 1. The molecule has 0 spiro atoms. The molecule has 1 aromatic carbocycles. The number of fused-ring (bicyclic) bond motifs is 2. The molecule has 3 heteroatoms. The van der Waals surface area contributed by atoms with E-state index in [1.54, 1.807) is 0 Å². The van der Waals surface area contributed by atoms with Gasteiger partial charge in [-0.2, -0.15) is 0 Å². The first-order valence-corrected chi connectivity index (χ1v) is 7.26. The minimum absolute atomic E-state index is 0.282. The molecule has 2 unspecified atom stereocenters. The summed E-state index contributed by atoms with van der Waals surface area (Å²) < 4.78 is 0. The normalized spacial score (nSPS) is 29.6. The molecule has 0 aliphatic carbocycles. The van der Waals surface area contributed by atoms with Crippen molar-refractivity contribution < 1.29 is 4.79 Å². The van der Waals surface area contributed by atoms with Crippen LogP contribution in [-0.2, 0) is 11.2 Å². The molecule has 2 N–H and O–H groups in total. The molecule has 2 saturated heterocycles. The minimum atomic E-state index is 0.282. The van der Waals surface area contributed by atoms with E-state index < -0.39 is 0 Å². The molecule has 0 aromatic heterocycles. The van der Waals surface area contributed by atoms with Crippen molar-refractivity contribution in [3.63, 3.8) is 0 Å². The van der Waals surface area contributed by atoms with Gasteiger partial charge in [-0.25, -0.2) is 0 Å². The Morgan fingerprint density at radius 1 is 1.32 bits per heavy atom. The second-order valence-electron chi connectivity index (χ2n) is 6.08. The summed E-state index contributed by atoms with van der Waals surface area (Å²) in [5.74, 6) is 0.282. The zero-order chi connectivity index (χ0) is 13.4. The number of rotatable bonds is 2. The average molecular weight is 258 g/mol. The maximum atomic E-state index is 12.5. The lowest BCUT2D eigenvalue weighted by atomic mass is 9.97. The Kier molecular flexibility index (Phi) is 3.31. The van der Waals surface area contributed by atoms with Crippen LogP contribution in [0.5, 0.6) is 0 Å². The molecule has 19 heavy (non-hydrogen) atoms. The van der Waals surface area contributed by atoms with Crippen molar-refractivity contribution in [3.05, 3.63) is 35.4 Å². The van der Waals surface area contributed by atoms with Crippen molar-refractivity contribution in [2.45, 2.75) is 57.2 Å². The van der Waals surface area contributed by atoms with E-state index in [1.165, 1.54) is 5.56 Å². The van der Waals surface area contributed by atoms with Crippen molar-refractivity contribution in [3.8, 4) is 0 Å². The van der Waals surface area contributed by atoms with E-state index in [4.69, 9.17) is 5.73 Å². The quantitative estimate of drug-likeness (QED) is 0.882. The van der Waals surface area contributed by atoms with E-state index >= 15 is 0 Å². The summed E-state index contributed by atoms with van der Waals surface area (Å²) in [6.07, 6.45) is 4.77. The maximum Gasteiger partial charge on any atom is 0.227 e. The summed E-state index contributed by atoms with van der Waals surface area (Å²) in [7, 11) is 0. The molecule has 0 radical (unpaired) electrons. The van der Waals surface area contributed by atoms with Crippen molar-refractivity contribution in [1.82, 2.24) is 4.90 Å². The number of carbonyl (C=O) groups is 1. The number of hydrogen-bond donors (Lipinski definition) is 1. The first-order chi connectivity index (χ1) is 9.13. The predicted molar refractivity (Wildman–Crippen MR) is 75.7 cm³/mol. The van der Waals surface area contributed by atoms with Crippen molar-refractivity contribution in [2.24, 2.45) is 5.73 Å². The third-order valence-corrected chi connectivity index (χ3v) is 4.50. The van der Waals surface area contributed by atoms with E-state index in [0.717, 1.165) is 31.2 Å². The van der Waals surface area contributed by atoms with Crippen molar-refractivity contribution in [1.29, 1.82) is 0 Å². The standard InChI is InChI=1S/C16H22N2O/c1-11-3-2-4-12(7-11)8-16(19)18-14-5-6-15(18)10-13(17)9-14/h2-4,7,13-15H,5-6,8-10,17H2,1H3. The highest BCUT2D eigenvalue weighted by atomic mass is 16.2. The predicted octanol–water partition coefficient (Wildman–Crippen LogP) is 2.02. The molecular formula is C16H22N2O. The SMILES string of the molecule is Cc1cccc(CC(=O)N2C3CCC2CC(N)C3)c1. The van der Waals surface area contributed by atoms with Crippen LogP contribution in [0.4, 0.5) is 0 Å². The molecule has 2 aliphatic rings. The number of nitrogens with two attached hydrogens (primary N) is 1. The van der Waals surface area contributed by atoms with Gasteiger partial charge in [0.25, 0.3) is 0 Å². The second kappa shape index (κ2) is 4.97. The zero-order valence-corrected chi connectivity index (χ0v) is 11.5. The molecule has 2 fully saturated rings. The maximum absolute atomic E-state index is 12.5. The first-order valence-electron chi connectivity index (χ1n) is 7.26. The van der Waals surface area contributed by atoms with E-state index in [1.807, 2.05) is 12.1 Å². The van der Waals surface area contributed by atoms with Crippen LogP contribution in [0.2, 0.25) is 0 Å². The monoisotopic (exact) mass is 258 g/mol. The lowest BCUT2D eigenvalue weighted by Gasteiger charge is -2.37. The number of hydrogen-bond acceptors (Lipinski definition) is 2. The van der Waals surface area contributed by atoms with Crippen molar-refractivity contribution >= 4 is 5.91 Å². The Hall–Kier alpha value is -1.35. The Labute approximate surface area is 114 Å². The minimum Gasteiger partial charge on any atom is -0.336 e. The fourth-order valence-corrected chi connectivity index (χ4v) is 3.71. The molecule has 3 rings (SSSR count). The number of piperidine rings is 1. The van der Waals surface area contributed by atoms with Crippen LogP contribution in [0, 0.1) is 6.92 Å². The van der Waals surface area contributed by atoms with Gasteiger partial charge in [0.05, 0.1) is 6.42 Å². The van der Waals surface area contributed by atoms with Gasteiger partial charge in [0.15, 0.2) is 0 Å². The summed E-state index contributed by atoms with van der Waals surface area (Å²) in [4.78, 5) is 14.7. The van der Waals surface area contributed by atoms with Crippen LogP contribution < -0.4 is 5.73 Å². The lowest BCUT2D eigenvalue weighted by molar-refractivity contribution is -0.135. The molecule has 1 amide bonds. The van der Waals surface area contributed by atoms with Crippen LogP contribution in [-0.4, -0.2) is 28.9 Å². The van der Waals surface area contributed by atoms with Crippen molar-refractivity contribution in [2.75, 3.05) is 0 Å². The smallest absolute Gasteiger partial charge is 0.227 e. The first kappa shape index (κ1) is 12.7. The largest absolute Gasteiger partial charge is 0.336 e. The van der Waals surface area contributed by atoms with Crippen LogP contribution in [0.25, 0.3) is 0 Å². The number of aryl methyl sites for hydroxylation is 1. The zero-order valence-electron chi connectivity index (χ0n) is 11.5. The molecule has 2 heterocycles. The fraction of sp³-hybridized carbons (Fsp3) is 0.562. The van der Waals surface area contributed by atoms with E-state index in [-0.39, 0.29) is 5.91 Å². The van der Waals surface area contributed by atoms with Gasteiger partial charge < -0.3 is 10.6 Å². The summed E-state index contributed by atoms with van der Waals surface area (Å²) in [6, 6.07) is 9.33. The topological polar surface area (TPSA) is 46.3 Å². The number of benzene rings is 1. The van der Waals surface area contributed by atoms with Crippen LogP contribution in [0.3, 0.4) is 0 Å². The van der Waals surface area contributed by atoms with Crippen LogP contribution in [0.1, 0.15) is 36.8 Å². The number of amides is 1. The fourth-order valence-electron chi connectivity index (χ4n) is 3.71. The van der Waals surface area contributed by atoms with Crippen LogP contribution in [0.15, 0.2) is 24.3 Å². The molecular weight excluding hydrogens is 236 g/mol. The van der Waals surface area contributed by atoms with Gasteiger partial charge in [0, 0.05) is 18.1 Å². The molecule has 1 aromatic rings. The van der Waals surface area contributed by atoms with E-state index in [0.29, 0.717) is 24.5 Å². The summed E-state index contributed by atoms with van der Waals surface area (Å²) in [6.45, 7) is 2.07. The lowest BCUT2D eigenvalue weighted by Crippen LogP contribution is -2.50. The Morgan fingerprint density at radius 3 is 2.63 bits per heavy atom. The van der Waals surface area contributed by atoms with Gasteiger partial charge in [0.2, 0.25) is 5.91 Å². The highest BCUT2D eigenvalue weighted by molar-refractivity contribution is 5.80. The molecule has 102 valence electrons. The van der Waals surface area contributed by atoms with Gasteiger partial charge >= 0.3 is 0 Å². The molecule has 2 atom stereocenters.